The number of fused-ring (bicyclic) bond motifs is 2. The Hall–Kier alpha value is -1.42. The van der Waals surface area contributed by atoms with E-state index in [1.54, 1.807) is 25.6 Å². The molecule has 0 N–H and O–H groups in total. The average molecular weight is 260 g/mol. The normalized spacial score (nSPS) is 30.3. The number of hydrogen-bond acceptors (Lipinski definition) is 4. The van der Waals surface area contributed by atoms with E-state index in [0.717, 1.165) is 12.8 Å². The summed E-state index contributed by atoms with van der Waals surface area (Å²) in [5.74, 6) is 1.04. The summed E-state index contributed by atoms with van der Waals surface area (Å²) in [6.07, 6.45) is 7.74. The minimum atomic E-state index is 0.155. The number of rotatable bonds is 3. The fraction of sp³-hybridized carbons (Fsp3) is 0.600. The molecule has 0 radical (unpaired) electrons. The van der Waals surface area contributed by atoms with Crippen LogP contribution < -0.4 is 4.74 Å². The van der Waals surface area contributed by atoms with E-state index in [9.17, 15) is 4.79 Å². The van der Waals surface area contributed by atoms with Gasteiger partial charge < -0.3 is 9.64 Å². The summed E-state index contributed by atoms with van der Waals surface area (Å²) in [6, 6.07) is 2.98. The maximum atomic E-state index is 12.6. The molecule has 0 spiro atoms. The molecular weight excluding hydrogens is 240 g/mol. The molecule has 19 heavy (non-hydrogen) atoms. The predicted molar refractivity (Wildman–Crippen MR) is 72.4 cm³/mol. The number of aromatic nitrogens is 1. The van der Waals surface area contributed by atoms with E-state index in [1.165, 1.54) is 12.8 Å². The quantitative estimate of drug-likeness (QED) is 0.781. The van der Waals surface area contributed by atoms with Crippen molar-refractivity contribution in [1.29, 1.82) is 0 Å². The summed E-state index contributed by atoms with van der Waals surface area (Å²) in [6.45, 7) is 0. The molecule has 0 aromatic carbocycles. The number of piperidine rings is 1. The predicted octanol–water partition coefficient (Wildman–Crippen LogP) is 2.15. The third-order valence-electron chi connectivity index (χ3n) is 4.70. The number of ether oxygens (including phenoxy) is 1. The average Bonchev–Trinajstić information content (AvgIpc) is 2.68. The highest BCUT2D eigenvalue weighted by Gasteiger charge is 2.40. The third kappa shape index (κ3) is 2.25. The van der Waals surface area contributed by atoms with Gasteiger partial charge in [-0.05, 0) is 38.8 Å². The molecule has 3 rings (SSSR count). The molecule has 1 aromatic heterocycles. The minimum absolute atomic E-state index is 0.155. The van der Waals surface area contributed by atoms with Gasteiger partial charge in [-0.2, -0.15) is 0 Å². The van der Waals surface area contributed by atoms with Crippen LogP contribution in [0.5, 0.6) is 5.75 Å². The Kier molecular flexibility index (Phi) is 3.27. The zero-order valence-corrected chi connectivity index (χ0v) is 11.5. The molecule has 0 amide bonds. The Morgan fingerprint density at radius 1 is 1.32 bits per heavy atom. The molecule has 4 heteroatoms. The topological polar surface area (TPSA) is 42.4 Å². The zero-order chi connectivity index (χ0) is 13.4. The van der Waals surface area contributed by atoms with Crippen LogP contribution in [0.2, 0.25) is 0 Å². The lowest BCUT2D eigenvalue weighted by Crippen LogP contribution is -2.42. The lowest BCUT2D eigenvalue weighted by atomic mass is 9.85. The first-order chi connectivity index (χ1) is 9.19. The van der Waals surface area contributed by atoms with Crippen LogP contribution in [0.25, 0.3) is 0 Å². The number of Topliss-reactive ketones (excluding diaryl/α,β-unsaturated/α-hetero) is 1. The number of methoxy groups -OCH3 is 1. The molecule has 0 saturated carbocycles. The number of nitrogens with zero attached hydrogens (tertiary/aromatic N) is 2. The van der Waals surface area contributed by atoms with Crippen LogP contribution in [-0.2, 0) is 0 Å². The maximum absolute atomic E-state index is 12.6. The summed E-state index contributed by atoms with van der Waals surface area (Å²) in [5, 5.41) is 0. The van der Waals surface area contributed by atoms with Crippen LogP contribution in [0.4, 0.5) is 0 Å². The van der Waals surface area contributed by atoms with Crippen molar-refractivity contribution in [2.75, 3.05) is 14.2 Å². The van der Waals surface area contributed by atoms with E-state index < -0.39 is 0 Å². The molecule has 4 nitrogen and oxygen atoms in total. The first kappa shape index (κ1) is 12.6. The van der Waals surface area contributed by atoms with Gasteiger partial charge in [-0.25, -0.2) is 0 Å². The largest absolute Gasteiger partial charge is 0.495 e. The van der Waals surface area contributed by atoms with Crippen LogP contribution >= 0.6 is 0 Å². The maximum Gasteiger partial charge on any atom is 0.167 e. The standard InChI is InChI=1S/C15H20N2O2/c1-17-12-3-4-13(17)6-10(5-12)15(18)11-7-14(19-2)9-16-8-11/h7-10,12-13H,3-6H2,1-2H3. The van der Waals surface area contributed by atoms with Gasteiger partial charge in [0.25, 0.3) is 0 Å². The molecule has 2 aliphatic heterocycles. The van der Waals surface area contributed by atoms with Crippen molar-refractivity contribution >= 4 is 5.78 Å². The number of carbonyl (C=O) groups is 1. The van der Waals surface area contributed by atoms with E-state index >= 15 is 0 Å². The number of ketones is 1. The summed E-state index contributed by atoms with van der Waals surface area (Å²) in [7, 11) is 3.79. The highest BCUT2D eigenvalue weighted by atomic mass is 16.5. The first-order valence-corrected chi connectivity index (χ1v) is 6.94. The van der Waals surface area contributed by atoms with Gasteiger partial charge in [0.05, 0.1) is 13.3 Å². The lowest BCUT2D eigenvalue weighted by Gasteiger charge is -2.35. The van der Waals surface area contributed by atoms with Gasteiger partial charge in [0, 0.05) is 29.8 Å². The lowest BCUT2D eigenvalue weighted by molar-refractivity contribution is 0.0766. The summed E-state index contributed by atoms with van der Waals surface area (Å²) in [5.41, 5.74) is 0.688. The molecule has 2 aliphatic rings. The summed E-state index contributed by atoms with van der Waals surface area (Å²) >= 11 is 0. The molecule has 2 fully saturated rings. The van der Waals surface area contributed by atoms with Crippen molar-refractivity contribution < 1.29 is 9.53 Å². The van der Waals surface area contributed by atoms with Crippen LogP contribution in [0.1, 0.15) is 36.0 Å². The summed E-state index contributed by atoms with van der Waals surface area (Å²) in [4.78, 5) is 19.1. The second-order valence-corrected chi connectivity index (χ2v) is 5.70. The number of carbonyl (C=O) groups excluding carboxylic acids is 1. The Morgan fingerprint density at radius 3 is 2.63 bits per heavy atom. The summed E-state index contributed by atoms with van der Waals surface area (Å²) < 4.78 is 5.14. The highest BCUT2D eigenvalue weighted by Crippen LogP contribution is 2.38. The fourth-order valence-electron chi connectivity index (χ4n) is 3.53. The molecule has 1 aromatic rings. The van der Waals surface area contributed by atoms with Gasteiger partial charge in [-0.15, -0.1) is 0 Å². The van der Waals surface area contributed by atoms with Crippen molar-refractivity contribution in [3.8, 4) is 5.75 Å². The first-order valence-electron chi connectivity index (χ1n) is 6.94. The highest BCUT2D eigenvalue weighted by molar-refractivity contribution is 5.98. The Balaban J connectivity index is 1.77. The van der Waals surface area contributed by atoms with Gasteiger partial charge in [0.1, 0.15) is 5.75 Å². The minimum Gasteiger partial charge on any atom is -0.495 e. The monoisotopic (exact) mass is 260 g/mol. The second kappa shape index (κ2) is 4.93. The van der Waals surface area contributed by atoms with Gasteiger partial charge in [-0.1, -0.05) is 0 Å². The molecule has 3 heterocycles. The molecular formula is C15H20N2O2. The molecule has 2 atom stereocenters. The van der Waals surface area contributed by atoms with Crippen LogP contribution in [0, 0.1) is 5.92 Å². The van der Waals surface area contributed by atoms with Crippen molar-refractivity contribution in [2.45, 2.75) is 37.8 Å². The van der Waals surface area contributed by atoms with E-state index in [0.29, 0.717) is 23.4 Å². The molecule has 2 saturated heterocycles. The smallest absolute Gasteiger partial charge is 0.167 e. The van der Waals surface area contributed by atoms with E-state index in [2.05, 4.69) is 16.9 Å². The van der Waals surface area contributed by atoms with Crippen molar-refractivity contribution in [2.24, 2.45) is 5.92 Å². The Labute approximate surface area is 113 Å². The van der Waals surface area contributed by atoms with Gasteiger partial charge in [-0.3, -0.25) is 9.78 Å². The Bertz CT molecular complexity index is 475. The van der Waals surface area contributed by atoms with Gasteiger partial charge >= 0.3 is 0 Å². The molecule has 2 unspecified atom stereocenters. The number of pyridine rings is 1. The molecule has 102 valence electrons. The van der Waals surface area contributed by atoms with E-state index in [1.807, 2.05) is 0 Å². The molecule has 0 aliphatic carbocycles. The van der Waals surface area contributed by atoms with Crippen LogP contribution in [0.15, 0.2) is 18.5 Å². The van der Waals surface area contributed by atoms with Crippen molar-refractivity contribution in [3.63, 3.8) is 0 Å². The third-order valence-corrected chi connectivity index (χ3v) is 4.70. The van der Waals surface area contributed by atoms with E-state index in [4.69, 9.17) is 4.74 Å². The fourth-order valence-corrected chi connectivity index (χ4v) is 3.53. The van der Waals surface area contributed by atoms with Gasteiger partial charge in [0.15, 0.2) is 5.78 Å². The van der Waals surface area contributed by atoms with E-state index in [-0.39, 0.29) is 11.7 Å². The van der Waals surface area contributed by atoms with Crippen molar-refractivity contribution in [3.05, 3.63) is 24.0 Å². The number of hydrogen-bond donors (Lipinski definition) is 0. The second-order valence-electron chi connectivity index (χ2n) is 5.70. The molecule has 2 bridgehead atoms. The van der Waals surface area contributed by atoms with Crippen molar-refractivity contribution in [1.82, 2.24) is 9.88 Å². The van der Waals surface area contributed by atoms with Crippen LogP contribution in [-0.4, -0.2) is 41.9 Å². The SMILES string of the molecule is COc1cncc(C(=O)C2CC3CCC(C2)N3C)c1. The Morgan fingerprint density at radius 2 is 2.00 bits per heavy atom. The van der Waals surface area contributed by atoms with Gasteiger partial charge in [0.2, 0.25) is 0 Å². The zero-order valence-electron chi connectivity index (χ0n) is 11.5. The van der Waals surface area contributed by atoms with Crippen LogP contribution in [0.3, 0.4) is 0 Å².